The van der Waals surface area contributed by atoms with Crippen molar-refractivity contribution in [1.82, 2.24) is 29.9 Å². The minimum atomic E-state index is -0.273. The molecule has 20 heavy (non-hydrogen) atoms. The monoisotopic (exact) mass is 276 g/mol. The molecule has 2 aromatic rings. The van der Waals surface area contributed by atoms with E-state index in [0.717, 1.165) is 5.82 Å². The minimum absolute atomic E-state index is 0.0231. The molecule has 0 fully saturated rings. The number of rotatable bonds is 6. The van der Waals surface area contributed by atoms with Crippen molar-refractivity contribution in [3.63, 3.8) is 0 Å². The molecule has 2 heterocycles. The molecule has 1 atom stereocenters. The van der Waals surface area contributed by atoms with Crippen molar-refractivity contribution in [2.75, 3.05) is 6.54 Å². The molecule has 0 aromatic carbocycles. The first-order valence-corrected chi connectivity index (χ1v) is 6.74. The van der Waals surface area contributed by atoms with E-state index in [2.05, 4.69) is 34.5 Å². The summed E-state index contributed by atoms with van der Waals surface area (Å²) in [5, 5.41) is 10.5. The highest BCUT2D eigenvalue weighted by Gasteiger charge is 2.18. The third-order valence-corrected chi connectivity index (χ3v) is 3.12. The Balaban J connectivity index is 1.90. The zero-order valence-corrected chi connectivity index (χ0v) is 12.0. The first kappa shape index (κ1) is 14.2. The maximum atomic E-state index is 12.1. The topological polar surface area (TPSA) is 77.6 Å². The fourth-order valence-corrected chi connectivity index (χ4v) is 2.02. The molecular formula is C13H20N6O. The van der Waals surface area contributed by atoms with Crippen LogP contribution in [0.3, 0.4) is 0 Å². The van der Waals surface area contributed by atoms with Crippen molar-refractivity contribution in [1.29, 1.82) is 0 Å². The molecule has 0 aliphatic rings. The van der Waals surface area contributed by atoms with Gasteiger partial charge in [0, 0.05) is 31.1 Å². The van der Waals surface area contributed by atoms with E-state index in [0.29, 0.717) is 13.1 Å². The Labute approximate surface area is 118 Å². The van der Waals surface area contributed by atoms with E-state index in [1.165, 1.54) is 0 Å². The predicted molar refractivity (Wildman–Crippen MR) is 74.1 cm³/mol. The number of carbonyl (C=O) groups excluding carboxylic acids is 1. The predicted octanol–water partition coefficient (Wildman–Crippen LogP) is 0.975. The van der Waals surface area contributed by atoms with Gasteiger partial charge in [0.05, 0.1) is 12.7 Å². The average Bonchev–Trinajstić information content (AvgIpc) is 3.08. The number of imidazole rings is 1. The highest BCUT2D eigenvalue weighted by atomic mass is 16.2. The normalized spacial score (nSPS) is 12.6. The molecule has 0 unspecified atom stereocenters. The van der Waals surface area contributed by atoms with Crippen molar-refractivity contribution in [3.8, 4) is 0 Å². The van der Waals surface area contributed by atoms with Crippen molar-refractivity contribution in [2.45, 2.75) is 39.3 Å². The lowest BCUT2D eigenvalue weighted by molar-refractivity contribution is -0.123. The summed E-state index contributed by atoms with van der Waals surface area (Å²) in [6.45, 7) is 7.14. The molecule has 7 nitrogen and oxygen atoms in total. The van der Waals surface area contributed by atoms with Gasteiger partial charge in [-0.05, 0) is 6.92 Å². The molecule has 1 N–H and O–H groups in total. The molecule has 7 heteroatoms. The summed E-state index contributed by atoms with van der Waals surface area (Å²) in [5.41, 5.74) is 0. The van der Waals surface area contributed by atoms with Crippen LogP contribution in [-0.2, 0) is 11.3 Å². The zero-order valence-electron chi connectivity index (χ0n) is 12.0. The minimum Gasteiger partial charge on any atom is -0.352 e. The Hall–Kier alpha value is -2.18. The molecule has 0 radical (unpaired) electrons. The fourth-order valence-electron chi connectivity index (χ4n) is 2.02. The molecule has 108 valence electrons. The Morgan fingerprint density at radius 3 is 2.75 bits per heavy atom. The van der Waals surface area contributed by atoms with Crippen LogP contribution in [0.2, 0.25) is 0 Å². The summed E-state index contributed by atoms with van der Waals surface area (Å²) in [6, 6.07) is -0.273. The van der Waals surface area contributed by atoms with Crippen molar-refractivity contribution in [2.24, 2.45) is 0 Å². The van der Waals surface area contributed by atoms with E-state index in [9.17, 15) is 4.79 Å². The van der Waals surface area contributed by atoms with Crippen LogP contribution in [0.5, 0.6) is 0 Å². The summed E-state index contributed by atoms with van der Waals surface area (Å²) in [4.78, 5) is 16.4. The average molecular weight is 276 g/mol. The Morgan fingerprint density at radius 2 is 2.10 bits per heavy atom. The summed E-state index contributed by atoms with van der Waals surface area (Å²) in [6.07, 6.45) is 6.96. The standard InChI is InChI=1S/C13H20N6O/c1-10(2)12-14-5-9-19(12)11(3)13(20)15-4-7-18-8-6-16-17-18/h5-6,8-11H,4,7H2,1-3H3,(H,15,20)/t11-/m0/s1. The first-order chi connectivity index (χ1) is 9.59. The smallest absolute Gasteiger partial charge is 0.242 e. The van der Waals surface area contributed by atoms with Crippen LogP contribution in [-0.4, -0.2) is 37.0 Å². The highest BCUT2D eigenvalue weighted by Crippen LogP contribution is 2.16. The maximum Gasteiger partial charge on any atom is 0.242 e. The maximum absolute atomic E-state index is 12.1. The Kier molecular flexibility index (Phi) is 4.49. The van der Waals surface area contributed by atoms with Crippen molar-refractivity contribution < 1.29 is 4.79 Å². The molecule has 0 aliphatic heterocycles. The number of hydrogen-bond acceptors (Lipinski definition) is 4. The number of nitrogens with one attached hydrogen (secondary N) is 1. The van der Waals surface area contributed by atoms with E-state index in [1.54, 1.807) is 23.3 Å². The van der Waals surface area contributed by atoms with Crippen LogP contribution >= 0.6 is 0 Å². The van der Waals surface area contributed by atoms with E-state index >= 15 is 0 Å². The van der Waals surface area contributed by atoms with Gasteiger partial charge in [-0.2, -0.15) is 0 Å². The summed E-state index contributed by atoms with van der Waals surface area (Å²) in [7, 11) is 0. The molecule has 0 saturated carbocycles. The lowest BCUT2D eigenvalue weighted by Gasteiger charge is -2.17. The summed E-state index contributed by atoms with van der Waals surface area (Å²) < 4.78 is 3.59. The molecule has 1 amide bonds. The Bertz CT molecular complexity index is 545. The van der Waals surface area contributed by atoms with E-state index < -0.39 is 0 Å². The number of hydrogen-bond donors (Lipinski definition) is 1. The number of amides is 1. The van der Waals surface area contributed by atoms with Crippen LogP contribution in [0.25, 0.3) is 0 Å². The van der Waals surface area contributed by atoms with Gasteiger partial charge in [0.1, 0.15) is 11.9 Å². The highest BCUT2D eigenvalue weighted by molar-refractivity contribution is 5.79. The van der Waals surface area contributed by atoms with Crippen molar-refractivity contribution >= 4 is 5.91 Å². The Morgan fingerprint density at radius 1 is 1.30 bits per heavy atom. The third kappa shape index (κ3) is 3.23. The fraction of sp³-hybridized carbons (Fsp3) is 0.538. The SMILES string of the molecule is CC(C)c1nccn1[C@@H](C)C(=O)NCCn1ccnn1. The summed E-state index contributed by atoms with van der Waals surface area (Å²) >= 11 is 0. The second-order valence-electron chi connectivity index (χ2n) is 4.98. The van der Waals surface area contributed by atoms with Gasteiger partial charge in [-0.1, -0.05) is 19.1 Å². The number of carbonyl (C=O) groups is 1. The van der Waals surface area contributed by atoms with Gasteiger partial charge in [-0.15, -0.1) is 5.10 Å². The van der Waals surface area contributed by atoms with Crippen LogP contribution in [0, 0.1) is 0 Å². The lowest BCUT2D eigenvalue weighted by atomic mass is 10.2. The molecule has 0 bridgehead atoms. The second kappa shape index (κ2) is 6.31. The van der Waals surface area contributed by atoms with E-state index in [1.807, 2.05) is 17.7 Å². The third-order valence-electron chi connectivity index (χ3n) is 3.12. The van der Waals surface area contributed by atoms with Crippen LogP contribution < -0.4 is 5.32 Å². The molecule has 0 spiro atoms. The largest absolute Gasteiger partial charge is 0.352 e. The molecule has 0 saturated heterocycles. The quantitative estimate of drug-likeness (QED) is 0.853. The molecule has 2 rings (SSSR count). The van der Waals surface area contributed by atoms with Gasteiger partial charge in [-0.25, -0.2) is 4.98 Å². The summed E-state index contributed by atoms with van der Waals surface area (Å²) in [5.74, 6) is 1.18. The van der Waals surface area contributed by atoms with Crippen molar-refractivity contribution in [3.05, 3.63) is 30.6 Å². The van der Waals surface area contributed by atoms with Gasteiger partial charge in [0.15, 0.2) is 0 Å². The number of aromatic nitrogens is 5. The van der Waals surface area contributed by atoms with Gasteiger partial charge in [0.2, 0.25) is 5.91 Å². The van der Waals surface area contributed by atoms with Gasteiger partial charge in [0.25, 0.3) is 0 Å². The van der Waals surface area contributed by atoms with Crippen LogP contribution in [0.4, 0.5) is 0 Å². The first-order valence-electron chi connectivity index (χ1n) is 6.74. The number of nitrogens with zero attached hydrogens (tertiary/aromatic N) is 5. The van der Waals surface area contributed by atoms with E-state index in [4.69, 9.17) is 0 Å². The van der Waals surface area contributed by atoms with Crippen LogP contribution in [0.15, 0.2) is 24.8 Å². The van der Waals surface area contributed by atoms with Gasteiger partial charge in [-0.3, -0.25) is 9.48 Å². The van der Waals surface area contributed by atoms with Gasteiger partial charge < -0.3 is 9.88 Å². The molecule has 2 aromatic heterocycles. The van der Waals surface area contributed by atoms with Crippen LogP contribution in [0.1, 0.15) is 38.6 Å². The molecule has 0 aliphatic carbocycles. The van der Waals surface area contributed by atoms with Gasteiger partial charge >= 0.3 is 0 Å². The lowest BCUT2D eigenvalue weighted by Crippen LogP contribution is -2.33. The molecular weight excluding hydrogens is 256 g/mol. The van der Waals surface area contributed by atoms with E-state index in [-0.39, 0.29) is 17.9 Å². The zero-order chi connectivity index (χ0) is 14.5. The second-order valence-corrected chi connectivity index (χ2v) is 4.98.